The van der Waals surface area contributed by atoms with E-state index in [9.17, 15) is 4.79 Å². The van der Waals surface area contributed by atoms with Gasteiger partial charge in [-0.05, 0) is 23.8 Å². The molecule has 2 aromatic rings. The maximum absolute atomic E-state index is 12.0. The molecule has 23 heavy (non-hydrogen) atoms. The van der Waals surface area contributed by atoms with Crippen LogP contribution >= 0.6 is 11.6 Å². The molecule has 0 saturated carbocycles. The third-order valence-electron chi connectivity index (χ3n) is 3.66. The first-order valence-corrected chi connectivity index (χ1v) is 8.00. The van der Waals surface area contributed by atoms with Crippen molar-refractivity contribution in [1.82, 2.24) is 5.32 Å². The van der Waals surface area contributed by atoms with Gasteiger partial charge in [0.2, 0.25) is 5.91 Å². The average Bonchev–Trinajstić information content (AvgIpc) is 2.54. The monoisotopic (exact) mass is 329 g/mol. The number of amides is 1. The summed E-state index contributed by atoms with van der Waals surface area (Å²) in [6.45, 7) is 0.588. The van der Waals surface area contributed by atoms with Crippen LogP contribution < -0.4 is 10.2 Å². The number of nitrogens with one attached hydrogen (secondary N) is 2. The van der Waals surface area contributed by atoms with Crippen LogP contribution in [0.25, 0.3) is 6.08 Å². The van der Waals surface area contributed by atoms with Gasteiger partial charge in [0, 0.05) is 16.7 Å². The van der Waals surface area contributed by atoms with Gasteiger partial charge in [-0.1, -0.05) is 54.1 Å². The lowest BCUT2D eigenvalue weighted by molar-refractivity contribution is -0.890. The van der Waals surface area contributed by atoms with Gasteiger partial charge in [-0.25, -0.2) is 0 Å². The Morgan fingerprint density at radius 2 is 1.91 bits per heavy atom. The van der Waals surface area contributed by atoms with Gasteiger partial charge < -0.3 is 10.2 Å². The summed E-state index contributed by atoms with van der Waals surface area (Å²) in [4.78, 5) is 13.3. The molecular weight excluding hydrogens is 308 g/mol. The Morgan fingerprint density at radius 3 is 2.57 bits per heavy atom. The number of rotatable bonds is 6. The molecule has 3 nitrogen and oxygen atoms in total. The van der Waals surface area contributed by atoms with Crippen molar-refractivity contribution in [3.05, 3.63) is 76.8 Å². The first kappa shape index (κ1) is 17.3. The van der Waals surface area contributed by atoms with Crippen LogP contribution in [0, 0.1) is 0 Å². The first-order chi connectivity index (χ1) is 11.1. The van der Waals surface area contributed by atoms with Crippen LogP contribution in [0.5, 0.6) is 0 Å². The van der Waals surface area contributed by atoms with E-state index in [2.05, 4.69) is 31.5 Å². The topological polar surface area (TPSA) is 33.5 Å². The predicted molar refractivity (Wildman–Crippen MR) is 95.5 cm³/mol. The number of benzene rings is 2. The Labute approximate surface area is 142 Å². The summed E-state index contributed by atoms with van der Waals surface area (Å²) in [5, 5.41) is 3.63. The van der Waals surface area contributed by atoms with E-state index >= 15 is 0 Å². The molecule has 0 bridgehead atoms. The maximum Gasteiger partial charge on any atom is 0.244 e. The highest BCUT2D eigenvalue weighted by atomic mass is 35.5. The van der Waals surface area contributed by atoms with Crippen LogP contribution in [0.2, 0.25) is 5.02 Å². The molecule has 120 valence electrons. The Hall–Kier alpha value is -2.10. The van der Waals surface area contributed by atoms with Crippen LogP contribution in [0.15, 0.2) is 60.7 Å². The lowest BCUT2D eigenvalue weighted by Crippen LogP contribution is -3.07. The molecule has 0 aliphatic carbocycles. The van der Waals surface area contributed by atoms with E-state index in [1.165, 1.54) is 10.5 Å². The highest BCUT2D eigenvalue weighted by Crippen LogP contribution is 2.12. The first-order valence-electron chi connectivity index (χ1n) is 7.62. The average molecular weight is 330 g/mol. The number of likely N-dealkylation sites (N-methyl/N-ethyl adjacent to an activating group) is 1. The molecule has 2 N–H and O–H groups in total. The summed E-state index contributed by atoms with van der Waals surface area (Å²) < 4.78 is 0. The largest absolute Gasteiger partial charge is 0.346 e. The van der Waals surface area contributed by atoms with Crippen molar-refractivity contribution < 1.29 is 9.69 Å². The summed E-state index contributed by atoms with van der Waals surface area (Å²) in [6, 6.07) is 17.8. The fourth-order valence-corrected chi connectivity index (χ4v) is 2.58. The summed E-state index contributed by atoms with van der Waals surface area (Å²) in [5.41, 5.74) is 2.12. The number of carbonyl (C=O) groups is 1. The third kappa shape index (κ3) is 5.55. The zero-order valence-corrected chi connectivity index (χ0v) is 14.2. The van der Waals surface area contributed by atoms with E-state index in [-0.39, 0.29) is 11.9 Å². The summed E-state index contributed by atoms with van der Waals surface area (Å²) in [6.07, 6.45) is 3.31. The molecule has 0 spiro atoms. The van der Waals surface area contributed by atoms with Crippen molar-refractivity contribution in [2.24, 2.45) is 0 Å². The highest BCUT2D eigenvalue weighted by Gasteiger charge is 2.17. The second kappa shape index (κ2) is 8.51. The van der Waals surface area contributed by atoms with Gasteiger partial charge in [0.1, 0.15) is 6.04 Å². The fourth-order valence-electron chi connectivity index (χ4n) is 2.38. The van der Waals surface area contributed by atoms with E-state index in [1.54, 1.807) is 12.2 Å². The minimum Gasteiger partial charge on any atom is -0.346 e. The Morgan fingerprint density at radius 1 is 1.17 bits per heavy atom. The zero-order chi connectivity index (χ0) is 16.7. The predicted octanol–water partition coefficient (Wildman–Crippen LogP) is 2.36. The summed E-state index contributed by atoms with van der Waals surface area (Å²) >= 11 is 5.93. The van der Waals surface area contributed by atoms with E-state index in [1.807, 2.05) is 42.5 Å². The maximum atomic E-state index is 12.0. The lowest BCUT2D eigenvalue weighted by atomic mass is 10.1. The standard InChI is InChI=1S/C19H21ClN2O/c1-22(2)18(16-8-4-3-5-9-16)14-21-19(23)12-11-15-7-6-10-17(20)13-15/h3-13,18H,14H2,1-2H3,(H,21,23)/p+1/b12-11+/t18-/m1/s1. The lowest BCUT2D eigenvalue weighted by Gasteiger charge is -2.21. The van der Waals surface area contributed by atoms with Crippen LogP contribution in [-0.2, 0) is 4.79 Å². The van der Waals surface area contributed by atoms with E-state index in [0.717, 1.165) is 5.56 Å². The summed E-state index contributed by atoms with van der Waals surface area (Å²) in [5.74, 6) is -0.104. The van der Waals surface area contributed by atoms with Crippen molar-refractivity contribution in [3.63, 3.8) is 0 Å². The van der Waals surface area contributed by atoms with Crippen LogP contribution in [0.3, 0.4) is 0 Å². The molecule has 1 amide bonds. The van der Waals surface area contributed by atoms with Gasteiger partial charge in [-0.2, -0.15) is 0 Å². The van der Waals surface area contributed by atoms with Crippen LogP contribution in [0.4, 0.5) is 0 Å². The van der Waals surface area contributed by atoms with Gasteiger partial charge in [-0.15, -0.1) is 0 Å². The molecule has 0 fully saturated rings. The fraction of sp³-hybridized carbons (Fsp3) is 0.211. The number of halogens is 1. The van der Waals surface area contributed by atoms with Crippen molar-refractivity contribution in [1.29, 1.82) is 0 Å². The Bertz CT molecular complexity index is 668. The molecule has 0 saturated heterocycles. The molecule has 0 aliphatic heterocycles. The highest BCUT2D eigenvalue weighted by molar-refractivity contribution is 6.30. The van der Waals surface area contributed by atoms with Gasteiger partial charge in [0.15, 0.2) is 0 Å². The Kier molecular flexibility index (Phi) is 6.39. The quantitative estimate of drug-likeness (QED) is 0.784. The van der Waals surface area contributed by atoms with Crippen molar-refractivity contribution in [2.45, 2.75) is 6.04 Å². The molecule has 0 aliphatic rings. The summed E-state index contributed by atoms with van der Waals surface area (Å²) in [7, 11) is 4.18. The van der Waals surface area contributed by atoms with Gasteiger partial charge in [0.25, 0.3) is 0 Å². The minimum atomic E-state index is -0.104. The number of hydrogen-bond acceptors (Lipinski definition) is 1. The van der Waals surface area contributed by atoms with Crippen molar-refractivity contribution >= 4 is 23.6 Å². The number of hydrogen-bond donors (Lipinski definition) is 2. The Balaban J connectivity index is 1.94. The second-order valence-electron chi connectivity index (χ2n) is 5.67. The SMILES string of the molecule is C[NH+](C)[C@H](CNC(=O)/C=C/c1cccc(Cl)c1)c1ccccc1. The molecule has 2 rings (SSSR count). The molecule has 0 aromatic heterocycles. The number of quaternary nitrogens is 1. The van der Waals surface area contributed by atoms with E-state index in [0.29, 0.717) is 11.6 Å². The molecule has 0 radical (unpaired) electrons. The van der Waals surface area contributed by atoms with Crippen molar-refractivity contribution in [2.75, 3.05) is 20.6 Å². The minimum absolute atomic E-state index is 0.104. The van der Waals surface area contributed by atoms with E-state index < -0.39 is 0 Å². The molecule has 4 heteroatoms. The third-order valence-corrected chi connectivity index (χ3v) is 3.89. The molecular formula is C19H22ClN2O+. The van der Waals surface area contributed by atoms with Crippen molar-refractivity contribution in [3.8, 4) is 0 Å². The smallest absolute Gasteiger partial charge is 0.244 e. The molecule has 0 unspecified atom stereocenters. The molecule has 1 atom stereocenters. The van der Waals surface area contributed by atoms with Gasteiger partial charge >= 0.3 is 0 Å². The molecule has 2 aromatic carbocycles. The number of carbonyl (C=O) groups excluding carboxylic acids is 1. The normalized spacial score (nSPS) is 12.5. The van der Waals surface area contributed by atoms with Gasteiger partial charge in [0.05, 0.1) is 20.6 Å². The molecule has 0 heterocycles. The van der Waals surface area contributed by atoms with E-state index in [4.69, 9.17) is 11.6 Å². The second-order valence-corrected chi connectivity index (χ2v) is 6.11. The van der Waals surface area contributed by atoms with Crippen LogP contribution in [-0.4, -0.2) is 26.5 Å². The van der Waals surface area contributed by atoms with Gasteiger partial charge in [-0.3, -0.25) is 4.79 Å². The van der Waals surface area contributed by atoms with Crippen LogP contribution in [0.1, 0.15) is 17.2 Å². The zero-order valence-electron chi connectivity index (χ0n) is 13.4.